The smallest absolute Gasteiger partial charge is 0.226 e. The molecule has 2 atom stereocenters. The third-order valence-electron chi connectivity index (χ3n) is 2.58. The summed E-state index contributed by atoms with van der Waals surface area (Å²) in [6.45, 7) is 7.96. The SMILES string of the molecule is CSC(CO)C(C)Nc1nc(C)cc(OC(C)C)n1. The maximum absolute atomic E-state index is 9.28. The maximum atomic E-state index is 9.28. The van der Waals surface area contributed by atoms with E-state index in [0.29, 0.717) is 11.8 Å². The van der Waals surface area contributed by atoms with Crippen LogP contribution in [0.1, 0.15) is 26.5 Å². The molecule has 0 aliphatic carbocycles. The highest BCUT2D eigenvalue weighted by atomic mass is 32.2. The van der Waals surface area contributed by atoms with Crippen LogP contribution in [0, 0.1) is 6.92 Å². The van der Waals surface area contributed by atoms with Gasteiger partial charge in [0.2, 0.25) is 11.8 Å². The molecule has 108 valence electrons. The average molecular weight is 285 g/mol. The lowest BCUT2D eigenvalue weighted by Crippen LogP contribution is -2.31. The van der Waals surface area contributed by atoms with Gasteiger partial charge < -0.3 is 15.2 Å². The number of aryl methyl sites for hydroxylation is 1. The molecule has 0 aromatic carbocycles. The third-order valence-corrected chi connectivity index (χ3v) is 3.75. The Balaban J connectivity index is 2.80. The van der Waals surface area contributed by atoms with E-state index in [4.69, 9.17) is 4.74 Å². The van der Waals surface area contributed by atoms with Crippen LogP contribution in [0.25, 0.3) is 0 Å². The second kappa shape index (κ2) is 7.55. The molecule has 0 saturated heterocycles. The van der Waals surface area contributed by atoms with Gasteiger partial charge in [0, 0.05) is 23.1 Å². The van der Waals surface area contributed by atoms with Gasteiger partial charge in [0.15, 0.2) is 0 Å². The first-order valence-electron chi connectivity index (χ1n) is 6.38. The van der Waals surface area contributed by atoms with Gasteiger partial charge in [-0.25, -0.2) is 4.98 Å². The minimum absolute atomic E-state index is 0.0775. The Kier molecular flexibility index (Phi) is 6.37. The second-order valence-corrected chi connectivity index (χ2v) is 5.80. The zero-order chi connectivity index (χ0) is 14.4. The Labute approximate surface area is 119 Å². The number of hydrogen-bond donors (Lipinski definition) is 2. The van der Waals surface area contributed by atoms with Gasteiger partial charge in [-0.2, -0.15) is 16.7 Å². The van der Waals surface area contributed by atoms with Crippen LogP contribution in [0.5, 0.6) is 5.88 Å². The molecule has 0 aliphatic rings. The minimum atomic E-state index is 0.0775. The van der Waals surface area contributed by atoms with E-state index in [1.807, 2.05) is 40.0 Å². The van der Waals surface area contributed by atoms with Crippen LogP contribution in [0.4, 0.5) is 5.95 Å². The van der Waals surface area contributed by atoms with Crippen molar-refractivity contribution in [2.75, 3.05) is 18.2 Å². The molecule has 0 spiro atoms. The normalized spacial score (nSPS) is 14.3. The molecular weight excluding hydrogens is 262 g/mol. The van der Waals surface area contributed by atoms with Crippen molar-refractivity contribution < 1.29 is 9.84 Å². The predicted octanol–water partition coefficient (Wildman–Crippen LogP) is 2.10. The summed E-state index contributed by atoms with van der Waals surface area (Å²) in [4.78, 5) is 8.67. The van der Waals surface area contributed by atoms with Gasteiger partial charge >= 0.3 is 0 Å². The molecule has 2 N–H and O–H groups in total. The van der Waals surface area contributed by atoms with Gasteiger partial charge in [-0.3, -0.25) is 0 Å². The number of nitrogens with zero attached hydrogens (tertiary/aromatic N) is 2. The van der Waals surface area contributed by atoms with E-state index in [1.54, 1.807) is 11.8 Å². The lowest BCUT2D eigenvalue weighted by atomic mass is 10.2. The molecule has 0 saturated carbocycles. The van der Waals surface area contributed by atoms with Gasteiger partial charge in [0.05, 0.1) is 12.7 Å². The number of rotatable bonds is 7. The van der Waals surface area contributed by atoms with Crippen LogP contribution in [0.2, 0.25) is 0 Å². The summed E-state index contributed by atoms with van der Waals surface area (Å²) >= 11 is 1.62. The summed E-state index contributed by atoms with van der Waals surface area (Å²) < 4.78 is 5.58. The van der Waals surface area contributed by atoms with E-state index in [2.05, 4.69) is 15.3 Å². The fraction of sp³-hybridized carbons (Fsp3) is 0.692. The van der Waals surface area contributed by atoms with Crippen molar-refractivity contribution in [3.05, 3.63) is 11.8 Å². The minimum Gasteiger partial charge on any atom is -0.475 e. The Morgan fingerprint density at radius 1 is 1.37 bits per heavy atom. The molecule has 19 heavy (non-hydrogen) atoms. The van der Waals surface area contributed by atoms with Crippen molar-refractivity contribution in [1.29, 1.82) is 0 Å². The quantitative estimate of drug-likeness (QED) is 0.799. The second-order valence-electron chi connectivity index (χ2n) is 4.73. The van der Waals surface area contributed by atoms with Crippen LogP contribution in [0.15, 0.2) is 6.07 Å². The summed E-state index contributed by atoms with van der Waals surface area (Å²) in [5.41, 5.74) is 0.852. The molecule has 1 heterocycles. The standard InChI is InChI=1S/C13H23N3O2S/c1-8(2)18-12-6-9(3)14-13(16-12)15-10(4)11(7-17)19-5/h6,8,10-11,17H,7H2,1-5H3,(H,14,15,16). The highest BCUT2D eigenvalue weighted by molar-refractivity contribution is 7.99. The van der Waals surface area contributed by atoms with Crippen molar-refractivity contribution in [1.82, 2.24) is 9.97 Å². The van der Waals surface area contributed by atoms with E-state index < -0.39 is 0 Å². The predicted molar refractivity (Wildman–Crippen MR) is 80.0 cm³/mol. The van der Waals surface area contributed by atoms with Gasteiger partial charge in [-0.1, -0.05) is 0 Å². The average Bonchev–Trinajstić information content (AvgIpc) is 2.28. The zero-order valence-electron chi connectivity index (χ0n) is 12.2. The van der Waals surface area contributed by atoms with Gasteiger partial charge in [0.25, 0.3) is 0 Å². The zero-order valence-corrected chi connectivity index (χ0v) is 13.0. The van der Waals surface area contributed by atoms with E-state index in [0.717, 1.165) is 5.69 Å². The van der Waals surface area contributed by atoms with E-state index >= 15 is 0 Å². The third kappa shape index (κ3) is 5.24. The molecule has 0 aliphatic heterocycles. The summed E-state index contributed by atoms with van der Waals surface area (Å²) in [7, 11) is 0. The van der Waals surface area contributed by atoms with Crippen molar-refractivity contribution >= 4 is 17.7 Å². The number of aliphatic hydroxyl groups excluding tert-OH is 1. The van der Waals surface area contributed by atoms with E-state index in [-0.39, 0.29) is 24.0 Å². The van der Waals surface area contributed by atoms with E-state index in [1.165, 1.54) is 0 Å². The monoisotopic (exact) mass is 285 g/mol. The number of nitrogens with one attached hydrogen (secondary N) is 1. The Morgan fingerprint density at radius 2 is 2.05 bits per heavy atom. The molecule has 1 aromatic heterocycles. The lowest BCUT2D eigenvalue weighted by Gasteiger charge is -2.21. The topological polar surface area (TPSA) is 67.3 Å². The number of thioether (sulfide) groups is 1. The molecule has 1 aromatic rings. The van der Waals surface area contributed by atoms with Gasteiger partial charge in [0.1, 0.15) is 0 Å². The van der Waals surface area contributed by atoms with Crippen molar-refractivity contribution in [2.45, 2.75) is 45.1 Å². The molecule has 0 bridgehead atoms. The van der Waals surface area contributed by atoms with Crippen LogP contribution < -0.4 is 10.1 Å². The largest absolute Gasteiger partial charge is 0.475 e. The molecule has 0 amide bonds. The lowest BCUT2D eigenvalue weighted by molar-refractivity contribution is 0.232. The van der Waals surface area contributed by atoms with Crippen molar-refractivity contribution in [3.63, 3.8) is 0 Å². The Hall–Kier alpha value is -1.01. The highest BCUT2D eigenvalue weighted by Gasteiger charge is 2.16. The molecule has 0 fully saturated rings. The number of aliphatic hydroxyl groups is 1. The van der Waals surface area contributed by atoms with Crippen LogP contribution in [0.3, 0.4) is 0 Å². The Bertz CT molecular complexity index is 397. The van der Waals surface area contributed by atoms with Crippen LogP contribution >= 0.6 is 11.8 Å². The molecular formula is C13H23N3O2S. The van der Waals surface area contributed by atoms with E-state index in [9.17, 15) is 5.11 Å². The van der Waals surface area contributed by atoms with Gasteiger partial charge in [-0.05, 0) is 34.0 Å². The molecule has 6 heteroatoms. The Morgan fingerprint density at radius 3 is 2.58 bits per heavy atom. The molecule has 2 unspecified atom stereocenters. The summed E-state index contributed by atoms with van der Waals surface area (Å²) in [5.74, 6) is 1.11. The first-order chi connectivity index (χ1) is 8.96. The summed E-state index contributed by atoms with van der Waals surface area (Å²) in [6, 6.07) is 1.89. The number of ether oxygens (including phenoxy) is 1. The van der Waals surface area contributed by atoms with Gasteiger partial charge in [-0.15, -0.1) is 0 Å². The first kappa shape index (κ1) is 16.0. The fourth-order valence-electron chi connectivity index (χ4n) is 1.64. The summed E-state index contributed by atoms with van der Waals surface area (Å²) in [6.07, 6.45) is 2.06. The molecule has 1 rings (SSSR count). The molecule has 0 radical (unpaired) electrons. The number of anilines is 1. The van der Waals surface area contributed by atoms with Crippen LogP contribution in [-0.4, -0.2) is 45.3 Å². The number of hydrogen-bond acceptors (Lipinski definition) is 6. The fourth-order valence-corrected chi connectivity index (χ4v) is 2.26. The summed E-state index contributed by atoms with van der Waals surface area (Å²) in [5, 5.41) is 12.6. The number of aromatic nitrogens is 2. The first-order valence-corrected chi connectivity index (χ1v) is 7.67. The maximum Gasteiger partial charge on any atom is 0.226 e. The molecule has 5 nitrogen and oxygen atoms in total. The highest BCUT2D eigenvalue weighted by Crippen LogP contribution is 2.17. The van der Waals surface area contributed by atoms with Crippen LogP contribution in [-0.2, 0) is 0 Å². The van der Waals surface area contributed by atoms with Crippen molar-refractivity contribution in [3.8, 4) is 5.88 Å². The van der Waals surface area contributed by atoms with Crippen molar-refractivity contribution in [2.24, 2.45) is 0 Å².